The highest BCUT2D eigenvalue weighted by atomic mass is 32.2. The van der Waals surface area contributed by atoms with Gasteiger partial charge in [0.05, 0.1) is 19.5 Å². The van der Waals surface area contributed by atoms with E-state index in [0.717, 1.165) is 22.0 Å². The second-order valence-electron chi connectivity index (χ2n) is 4.24. The quantitative estimate of drug-likeness (QED) is 0.827. The molecule has 1 unspecified atom stereocenters. The number of hydrogen-bond donors (Lipinski definition) is 1. The van der Waals surface area contributed by atoms with Gasteiger partial charge < -0.3 is 15.2 Å². The van der Waals surface area contributed by atoms with E-state index in [9.17, 15) is 0 Å². The van der Waals surface area contributed by atoms with Crippen LogP contribution in [-0.2, 0) is 0 Å². The van der Waals surface area contributed by atoms with E-state index in [4.69, 9.17) is 15.2 Å². The standard InChI is InChI=1S/C16H19NO2S/c1-18-13-8-4-3-7-12(13)16(11-17)20-15-10-6-5-9-14(15)19-2/h3-10,16H,11,17H2,1-2H3. The van der Waals surface area contributed by atoms with Gasteiger partial charge in [-0.3, -0.25) is 0 Å². The molecule has 0 aliphatic heterocycles. The molecule has 0 aromatic heterocycles. The maximum absolute atomic E-state index is 5.95. The van der Waals surface area contributed by atoms with Crippen molar-refractivity contribution in [2.75, 3.05) is 20.8 Å². The number of ether oxygens (including phenoxy) is 2. The third kappa shape index (κ3) is 3.26. The molecule has 0 saturated heterocycles. The number of thioether (sulfide) groups is 1. The van der Waals surface area contributed by atoms with Crippen molar-refractivity contribution in [2.24, 2.45) is 5.73 Å². The lowest BCUT2D eigenvalue weighted by Crippen LogP contribution is -2.10. The Morgan fingerprint density at radius 1 is 0.950 bits per heavy atom. The third-order valence-corrected chi connectivity index (χ3v) is 4.36. The summed E-state index contributed by atoms with van der Waals surface area (Å²) in [5.74, 6) is 1.73. The fourth-order valence-electron chi connectivity index (χ4n) is 2.04. The largest absolute Gasteiger partial charge is 0.496 e. The van der Waals surface area contributed by atoms with Gasteiger partial charge in [-0.2, -0.15) is 0 Å². The molecule has 2 N–H and O–H groups in total. The van der Waals surface area contributed by atoms with E-state index < -0.39 is 0 Å². The molecule has 0 radical (unpaired) electrons. The summed E-state index contributed by atoms with van der Waals surface area (Å²) in [6.07, 6.45) is 0. The molecular weight excluding hydrogens is 270 g/mol. The number of methoxy groups -OCH3 is 2. The van der Waals surface area contributed by atoms with Crippen LogP contribution in [0.25, 0.3) is 0 Å². The molecule has 2 rings (SSSR count). The van der Waals surface area contributed by atoms with Crippen molar-refractivity contribution in [3.05, 3.63) is 54.1 Å². The molecule has 20 heavy (non-hydrogen) atoms. The zero-order valence-corrected chi connectivity index (χ0v) is 12.5. The van der Waals surface area contributed by atoms with Gasteiger partial charge >= 0.3 is 0 Å². The lowest BCUT2D eigenvalue weighted by atomic mass is 10.1. The van der Waals surface area contributed by atoms with Crippen molar-refractivity contribution < 1.29 is 9.47 Å². The van der Waals surface area contributed by atoms with Gasteiger partial charge in [-0.15, -0.1) is 11.8 Å². The first kappa shape index (κ1) is 14.8. The molecule has 2 aromatic rings. The molecule has 106 valence electrons. The van der Waals surface area contributed by atoms with Crippen LogP contribution in [-0.4, -0.2) is 20.8 Å². The van der Waals surface area contributed by atoms with Crippen LogP contribution in [0.3, 0.4) is 0 Å². The molecule has 0 spiro atoms. The zero-order valence-electron chi connectivity index (χ0n) is 11.7. The average Bonchev–Trinajstić information content (AvgIpc) is 2.53. The van der Waals surface area contributed by atoms with Gasteiger partial charge in [0.2, 0.25) is 0 Å². The highest BCUT2D eigenvalue weighted by Gasteiger charge is 2.17. The second kappa shape index (κ2) is 7.22. The van der Waals surface area contributed by atoms with E-state index in [2.05, 4.69) is 6.07 Å². The Balaban J connectivity index is 2.29. The van der Waals surface area contributed by atoms with Crippen LogP contribution in [0.2, 0.25) is 0 Å². The summed E-state index contributed by atoms with van der Waals surface area (Å²) in [5.41, 5.74) is 7.06. The van der Waals surface area contributed by atoms with Crippen LogP contribution in [0.15, 0.2) is 53.4 Å². The Kier molecular flexibility index (Phi) is 5.32. The zero-order chi connectivity index (χ0) is 14.4. The highest BCUT2D eigenvalue weighted by molar-refractivity contribution is 7.99. The third-order valence-electron chi connectivity index (χ3n) is 3.04. The van der Waals surface area contributed by atoms with E-state index >= 15 is 0 Å². The fraction of sp³-hybridized carbons (Fsp3) is 0.250. The predicted molar refractivity (Wildman–Crippen MR) is 83.6 cm³/mol. The summed E-state index contributed by atoms with van der Waals surface area (Å²) in [5, 5.41) is 0.127. The number of rotatable bonds is 6. The van der Waals surface area contributed by atoms with Crippen molar-refractivity contribution in [1.82, 2.24) is 0 Å². The van der Waals surface area contributed by atoms with E-state index in [1.54, 1.807) is 26.0 Å². The van der Waals surface area contributed by atoms with E-state index in [0.29, 0.717) is 6.54 Å². The first-order valence-electron chi connectivity index (χ1n) is 6.42. The van der Waals surface area contributed by atoms with Gasteiger partial charge in [0.1, 0.15) is 11.5 Å². The van der Waals surface area contributed by atoms with Crippen LogP contribution >= 0.6 is 11.8 Å². The molecular formula is C16H19NO2S. The molecule has 0 fully saturated rings. The average molecular weight is 289 g/mol. The molecule has 0 heterocycles. The lowest BCUT2D eigenvalue weighted by Gasteiger charge is -2.19. The summed E-state index contributed by atoms with van der Waals surface area (Å²) in [4.78, 5) is 1.08. The summed E-state index contributed by atoms with van der Waals surface area (Å²) < 4.78 is 10.8. The van der Waals surface area contributed by atoms with Crippen molar-refractivity contribution in [3.63, 3.8) is 0 Å². The molecule has 3 nitrogen and oxygen atoms in total. The summed E-state index contributed by atoms with van der Waals surface area (Å²) >= 11 is 1.69. The first-order chi connectivity index (χ1) is 9.80. The van der Waals surface area contributed by atoms with Crippen LogP contribution in [0, 0.1) is 0 Å². The summed E-state index contributed by atoms with van der Waals surface area (Å²) in [6, 6.07) is 15.9. The maximum Gasteiger partial charge on any atom is 0.132 e. The van der Waals surface area contributed by atoms with Crippen molar-refractivity contribution in [3.8, 4) is 11.5 Å². The number of para-hydroxylation sites is 2. The normalized spacial score (nSPS) is 11.9. The molecule has 0 aliphatic carbocycles. The maximum atomic E-state index is 5.95. The van der Waals surface area contributed by atoms with Crippen molar-refractivity contribution >= 4 is 11.8 Å². The first-order valence-corrected chi connectivity index (χ1v) is 7.30. The van der Waals surface area contributed by atoms with E-state index in [1.165, 1.54) is 0 Å². The SMILES string of the molecule is COc1ccccc1SC(CN)c1ccccc1OC. The Labute approximate surface area is 124 Å². The Hall–Kier alpha value is -1.65. The van der Waals surface area contributed by atoms with Gasteiger partial charge in [-0.05, 0) is 18.2 Å². The molecule has 0 saturated carbocycles. The van der Waals surface area contributed by atoms with Gasteiger partial charge in [-0.25, -0.2) is 0 Å². The fourth-order valence-corrected chi connectivity index (χ4v) is 3.19. The van der Waals surface area contributed by atoms with Crippen molar-refractivity contribution in [2.45, 2.75) is 10.1 Å². The monoisotopic (exact) mass is 289 g/mol. The molecule has 0 bridgehead atoms. The van der Waals surface area contributed by atoms with E-state index in [1.807, 2.05) is 42.5 Å². The molecule has 2 aromatic carbocycles. The summed E-state index contributed by atoms with van der Waals surface area (Å²) in [7, 11) is 3.36. The van der Waals surface area contributed by atoms with Gasteiger partial charge in [0.15, 0.2) is 0 Å². The molecule has 0 aliphatic rings. The van der Waals surface area contributed by atoms with Crippen LogP contribution in [0.1, 0.15) is 10.8 Å². The van der Waals surface area contributed by atoms with Gasteiger partial charge in [0.25, 0.3) is 0 Å². The van der Waals surface area contributed by atoms with Crippen molar-refractivity contribution in [1.29, 1.82) is 0 Å². The van der Waals surface area contributed by atoms with Gasteiger partial charge in [0, 0.05) is 17.0 Å². The van der Waals surface area contributed by atoms with Gasteiger partial charge in [-0.1, -0.05) is 30.3 Å². The number of nitrogens with two attached hydrogens (primary N) is 1. The lowest BCUT2D eigenvalue weighted by molar-refractivity contribution is 0.404. The van der Waals surface area contributed by atoms with Crippen LogP contribution in [0.5, 0.6) is 11.5 Å². The number of benzene rings is 2. The summed E-state index contributed by atoms with van der Waals surface area (Å²) in [6.45, 7) is 0.531. The molecule has 0 amide bonds. The van der Waals surface area contributed by atoms with E-state index in [-0.39, 0.29) is 5.25 Å². The van der Waals surface area contributed by atoms with Crippen LogP contribution in [0.4, 0.5) is 0 Å². The smallest absolute Gasteiger partial charge is 0.132 e. The highest BCUT2D eigenvalue weighted by Crippen LogP contribution is 2.41. The Morgan fingerprint density at radius 2 is 1.55 bits per heavy atom. The Morgan fingerprint density at radius 3 is 2.20 bits per heavy atom. The minimum Gasteiger partial charge on any atom is -0.496 e. The molecule has 4 heteroatoms. The second-order valence-corrected chi connectivity index (χ2v) is 5.48. The predicted octanol–water partition coefficient (Wildman–Crippen LogP) is 3.50. The minimum atomic E-state index is 0.127. The molecule has 1 atom stereocenters. The topological polar surface area (TPSA) is 44.5 Å². The number of hydrogen-bond acceptors (Lipinski definition) is 4. The van der Waals surface area contributed by atoms with Crippen LogP contribution < -0.4 is 15.2 Å². The minimum absolute atomic E-state index is 0.127. The Bertz CT molecular complexity index is 560.